The van der Waals surface area contributed by atoms with Gasteiger partial charge in [0, 0.05) is 29.0 Å². The molecule has 0 spiro atoms. The molecule has 0 aliphatic rings. The fourth-order valence-corrected chi connectivity index (χ4v) is 3.51. The molecule has 6 nitrogen and oxygen atoms in total. The van der Waals surface area contributed by atoms with Crippen LogP contribution >= 0.6 is 23.4 Å². The van der Waals surface area contributed by atoms with Crippen LogP contribution in [0.15, 0.2) is 75.5 Å². The van der Waals surface area contributed by atoms with Crippen molar-refractivity contribution in [2.24, 2.45) is 0 Å². The van der Waals surface area contributed by atoms with Gasteiger partial charge in [-0.15, -0.1) is 16.8 Å². The van der Waals surface area contributed by atoms with Gasteiger partial charge < -0.3 is 8.94 Å². The third-order valence-corrected chi connectivity index (χ3v) is 5.06. The van der Waals surface area contributed by atoms with Crippen molar-refractivity contribution in [2.75, 3.05) is 0 Å². The van der Waals surface area contributed by atoms with Crippen molar-refractivity contribution in [1.29, 1.82) is 0 Å². The van der Waals surface area contributed by atoms with Crippen LogP contribution in [0.3, 0.4) is 0 Å². The van der Waals surface area contributed by atoms with Crippen molar-refractivity contribution in [2.45, 2.75) is 17.5 Å². The van der Waals surface area contributed by atoms with Gasteiger partial charge in [0.15, 0.2) is 16.7 Å². The molecule has 136 valence electrons. The molecule has 4 rings (SSSR count). The fraction of sp³-hybridized carbons (Fsp3) is 0.105. The molecular weight excluding hydrogens is 384 g/mol. The first-order valence-electron chi connectivity index (χ1n) is 8.17. The van der Waals surface area contributed by atoms with Crippen LogP contribution in [-0.2, 0) is 12.3 Å². The van der Waals surface area contributed by atoms with Crippen LogP contribution in [0.4, 0.5) is 0 Å². The van der Waals surface area contributed by atoms with Crippen molar-refractivity contribution in [3.05, 3.63) is 72.1 Å². The number of halogens is 1. The van der Waals surface area contributed by atoms with Crippen LogP contribution < -0.4 is 0 Å². The molecule has 0 bridgehead atoms. The van der Waals surface area contributed by atoms with Gasteiger partial charge in [-0.1, -0.05) is 34.6 Å². The third-order valence-electron chi connectivity index (χ3n) is 3.80. The SMILES string of the molecule is C=CCn1c(SCc2cc(-c3ccco3)on2)nnc1-c1ccc(Cl)cc1. The molecule has 8 heteroatoms. The molecule has 0 amide bonds. The Kier molecular flexibility index (Phi) is 5.13. The van der Waals surface area contributed by atoms with Gasteiger partial charge in [-0.3, -0.25) is 4.57 Å². The Morgan fingerprint density at radius 1 is 1.15 bits per heavy atom. The molecule has 0 saturated carbocycles. The number of furan rings is 1. The summed E-state index contributed by atoms with van der Waals surface area (Å²) in [5.41, 5.74) is 1.75. The van der Waals surface area contributed by atoms with E-state index in [4.69, 9.17) is 20.5 Å². The quantitative estimate of drug-likeness (QED) is 0.310. The predicted molar refractivity (Wildman–Crippen MR) is 104 cm³/mol. The fourth-order valence-electron chi connectivity index (χ4n) is 2.55. The van der Waals surface area contributed by atoms with E-state index in [9.17, 15) is 0 Å². The second-order valence-electron chi connectivity index (χ2n) is 5.66. The van der Waals surface area contributed by atoms with E-state index < -0.39 is 0 Å². The zero-order valence-electron chi connectivity index (χ0n) is 14.2. The number of benzene rings is 1. The Morgan fingerprint density at radius 3 is 2.74 bits per heavy atom. The number of nitrogens with zero attached hydrogens (tertiary/aromatic N) is 4. The van der Waals surface area contributed by atoms with Crippen LogP contribution in [0, 0.1) is 0 Å². The van der Waals surface area contributed by atoms with E-state index in [1.165, 1.54) is 11.8 Å². The second-order valence-corrected chi connectivity index (χ2v) is 7.04. The number of hydrogen-bond acceptors (Lipinski definition) is 6. The van der Waals surface area contributed by atoms with E-state index in [2.05, 4.69) is 21.9 Å². The first kappa shape index (κ1) is 17.6. The van der Waals surface area contributed by atoms with Crippen LogP contribution in [0.1, 0.15) is 5.69 Å². The van der Waals surface area contributed by atoms with Crippen LogP contribution in [0.2, 0.25) is 5.02 Å². The lowest BCUT2D eigenvalue weighted by Crippen LogP contribution is -2.00. The van der Waals surface area contributed by atoms with Crippen LogP contribution in [0.25, 0.3) is 22.9 Å². The number of allylic oxidation sites excluding steroid dienone is 1. The molecule has 0 atom stereocenters. The molecule has 0 aliphatic heterocycles. The molecule has 27 heavy (non-hydrogen) atoms. The van der Waals surface area contributed by atoms with Crippen molar-refractivity contribution < 1.29 is 8.94 Å². The maximum Gasteiger partial charge on any atom is 0.202 e. The number of thioether (sulfide) groups is 1. The first-order chi connectivity index (χ1) is 13.2. The van der Waals surface area contributed by atoms with E-state index in [1.807, 2.05) is 53.1 Å². The van der Waals surface area contributed by atoms with Gasteiger partial charge in [0.2, 0.25) is 5.76 Å². The lowest BCUT2D eigenvalue weighted by molar-refractivity contribution is 0.413. The normalized spacial score (nSPS) is 11.0. The molecule has 3 aromatic heterocycles. The summed E-state index contributed by atoms with van der Waals surface area (Å²) < 4.78 is 12.7. The van der Waals surface area contributed by atoms with E-state index in [0.717, 1.165) is 22.2 Å². The lowest BCUT2D eigenvalue weighted by atomic mass is 10.2. The summed E-state index contributed by atoms with van der Waals surface area (Å²) in [6.45, 7) is 4.43. The van der Waals surface area contributed by atoms with Gasteiger partial charge in [0.05, 0.1) is 12.0 Å². The zero-order valence-corrected chi connectivity index (χ0v) is 15.8. The molecule has 0 fully saturated rings. The van der Waals surface area contributed by atoms with Gasteiger partial charge in [-0.05, 0) is 36.4 Å². The highest BCUT2D eigenvalue weighted by Gasteiger charge is 2.15. The minimum Gasteiger partial charge on any atom is -0.461 e. The number of rotatable bonds is 7. The Morgan fingerprint density at radius 2 is 2.00 bits per heavy atom. The molecule has 0 radical (unpaired) electrons. The monoisotopic (exact) mass is 398 g/mol. The summed E-state index contributed by atoms with van der Waals surface area (Å²) in [6, 6.07) is 13.0. The Bertz CT molecular complexity index is 1040. The summed E-state index contributed by atoms with van der Waals surface area (Å²) in [7, 11) is 0. The average Bonchev–Trinajstić information content (AvgIpc) is 3.42. The summed E-state index contributed by atoms with van der Waals surface area (Å²) >= 11 is 7.51. The largest absolute Gasteiger partial charge is 0.461 e. The average molecular weight is 399 g/mol. The summed E-state index contributed by atoms with van der Waals surface area (Å²) in [5.74, 6) is 2.62. The van der Waals surface area contributed by atoms with Gasteiger partial charge in [0.25, 0.3) is 0 Å². The third kappa shape index (κ3) is 3.84. The van der Waals surface area contributed by atoms with E-state index in [0.29, 0.717) is 28.8 Å². The van der Waals surface area contributed by atoms with E-state index in [1.54, 1.807) is 6.26 Å². The summed E-state index contributed by atoms with van der Waals surface area (Å²) in [6.07, 6.45) is 3.42. The van der Waals surface area contributed by atoms with Crippen molar-refractivity contribution in [3.63, 3.8) is 0 Å². The van der Waals surface area contributed by atoms with E-state index in [-0.39, 0.29) is 0 Å². The molecular formula is C19H15ClN4O2S. The van der Waals surface area contributed by atoms with Crippen LogP contribution in [0.5, 0.6) is 0 Å². The van der Waals surface area contributed by atoms with E-state index >= 15 is 0 Å². The summed E-state index contributed by atoms with van der Waals surface area (Å²) in [5, 5.41) is 14.2. The Labute approximate surface area is 164 Å². The Balaban J connectivity index is 1.53. The maximum absolute atomic E-state index is 5.98. The first-order valence-corrected chi connectivity index (χ1v) is 9.53. The molecule has 1 aromatic carbocycles. The second kappa shape index (κ2) is 7.85. The predicted octanol–water partition coefficient (Wildman–Crippen LogP) is 5.32. The minimum absolute atomic E-state index is 0.597. The minimum atomic E-state index is 0.597. The van der Waals surface area contributed by atoms with Gasteiger partial charge in [0.1, 0.15) is 0 Å². The molecule has 0 saturated heterocycles. The lowest BCUT2D eigenvalue weighted by Gasteiger charge is -2.07. The van der Waals surface area contributed by atoms with Gasteiger partial charge in [-0.2, -0.15) is 0 Å². The molecule has 0 N–H and O–H groups in total. The van der Waals surface area contributed by atoms with Gasteiger partial charge in [-0.25, -0.2) is 0 Å². The van der Waals surface area contributed by atoms with Crippen LogP contribution in [-0.4, -0.2) is 19.9 Å². The van der Waals surface area contributed by atoms with Gasteiger partial charge >= 0.3 is 0 Å². The van der Waals surface area contributed by atoms with Crippen molar-refractivity contribution >= 4 is 23.4 Å². The standard InChI is InChI=1S/C19H15ClN4O2S/c1-2-9-24-18(13-5-7-14(20)8-6-13)21-22-19(24)27-12-15-11-17(26-23-15)16-4-3-10-25-16/h2-8,10-11H,1,9,12H2. The van der Waals surface area contributed by atoms with Crippen molar-refractivity contribution in [3.8, 4) is 22.9 Å². The highest BCUT2D eigenvalue weighted by molar-refractivity contribution is 7.98. The molecule has 0 aliphatic carbocycles. The van der Waals surface area contributed by atoms with Crippen molar-refractivity contribution in [1.82, 2.24) is 19.9 Å². The Hall–Kier alpha value is -2.77. The topological polar surface area (TPSA) is 69.9 Å². The smallest absolute Gasteiger partial charge is 0.202 e. The molecule has 3 heterocycles. The highest BCUT2D eigenvalue weighted by atomic mass is 35.5. The summed E-state index contributed by atoms with van der Waals surface area (Å²) in [4.78, 5) is 0. The maximum atomic E-state index is 5.98. The highest BCUT2D eigenvalue weighted by Crippen LogP contribution is 2.28. The number of aromatic nitrogens is 4. The molecule has 4 aromatic rings. The zero-order chi connectivity index (χ0) is 18.6. The number of hydrogen-bond donors (Lipinski definition) is 0. The molecule has 0 unspecified atom stereocenters.